The molecule has 1 atom stereocenters. The van der Waals surface area contributed by atoms with E-state index < -0.39 is 0 Å². The van der Waals surface area contributed by atoms with Crippen molar-refractivity contribution in [2.45, 2.75) is 51.5 Å². The van der Waals surface area contributed by atoms with Crippen LogP contribution < -0.4 is 10.1 Å². The SMILES string of the molecule is C[C@@H](NC(=O)COc1ccc(C(=O)c2ccccc2)cc1)C12CC3CC(CC(C3)C1)C2. The molecule has 31 heavy (non-hydrogen) atoms. The quantitative estimate of drug-likeness (QED) is 0.644. The maximum absolute atomic E-state index is 12.6. The zero-order chi connectivity index (χ0) is 21.4. The van der Waals surface area contributed by atoms with E-state index in [2.05, 4.69) is 12.2 Å². The summed E-state index contributed by atoms with van der Waals surface area (Å²) < 4.78 is 5.70. The van der Waals surface area contributed by atoms with E-state index in [9.17, 15) is 9.59 Å². The zero-order valence-electron chi connectivity index (χ0n) is 18.2. The number of benzene rings is 2. The van der Waals surface area contributed by atoms with Crippen molar-refractivity contribution in [1.29, 1.82) is 0 Å². The maximum atomic E-state index is 12.6. The molecule has 4 aliphatic carbocycles. The molecule has 0 unspecified atom stereocenters. The Balaban J connectivity index is 1.14. The predicted molar refractivity (Wildman–Crippen MR) is 120 cm³/mol. The summed E-state index contributed by atoms with van der Waals surface area (Å²) in [6.45, 7) is 2.19. The zero-order valence-corrected chi connectivity index (χ0v) is 18.2. The lowest BCUT2D eigenvalue weighted by atomic mass is 9.48. The molecule has 4 bridgehead atoms. The standard InChI is InChI=1S/C27H31NO3/c1-18(27-14-19-11-20(15-27)13-21(12-19)16-27)28-25(29)17-31-24-9-7-23(8-10-24)26(30)22-5-3-2-4-6-22/h2-10,18-21H,11-17H2,1H3,(H,28,29)/t18-,19?,20?,21?,27?/m1/s1. The van der Waals surface area contributed by atoms with E-state index in [0.29, 0.717) is 22.3 Å². The number of carbonyl (C=O) groups excluding carboxylic acids is 2. The van der Waals surface area contributed by atoms with Crippen LogP contribution in [0.3, 0.4) is 0 Å². The average molecular weight is 418 g/mol. The van der Waals surface area contributed by atoms with Crippen molar-refractivity contribution in [3.63, 3.8) is 0 Å². The summed E-state index contributed by atoms with van der Waals surface area (Å²) in [6.07, 6.45) is 8.05. The Morgan fingerprint density at radius 1 is 0.903 bits per heavy atom. The van der Waals surface area contributed by atoms with E-state index in [0.717, 1.165) is 17.8 Å². The van der Waals surface area contributed by atoms with E-state index in [4.69, 9.17) is 4.74 Å². The Morgan fingerprint density at radius 3 is 2.03 bits per heavy atom. The van der Waals surface area contributed by atoms with Crippen molar-refractivity contribution in [2.75, 3.05) is 6.61 Å². The van der Waals surface area contributed by atoms with Crippen molar-refractivity contribution < 1.29 is 14.3 Å². The van der Waals surface area contributed by atoms with Gasteiger partial charge >= 0.3 is 0 Å². The second kappa shape index (κ2) is 8.14. The van der Waals surface area contributed by atoms with Gasteiger partial charge in [0, 0.05) is 17.2 Å². The Bertz CT molecular complexity index is 915. The molecule has 4 fully saturated rings. The summed E-state index contributed by atoms with van der Waals surface area (Å²) in [5.41, 5.74) is 1.57. The Morgan fingerprint density at radius 2 is 1.45 bits per heavy atom. The molecule has 2 aromatic rings. The molecule has 1 amide bonds. The molecule has 0 saturated heterocycles. The van der Waals surface area contributed by atoms with E-state index in [1.165, 1.54) is 38.5 Å². The first kappa shape index (κ1) is 20.3. The van der Waals surface area contributed by atoms with Crippen LogP contribution in [-0.2, 0) is 4.79 Å². The van der Waals surface area contributed by atoms with Gasteiger partial charge in [0.25, 0.3) is 5.91 Å². The number of ether oxygens (including phenoxy) is 1. The second-order valence-corrected chi connectivity index (χ2v) is 10.1. The van der Waals surface area contributed by atoms with Crippen molar-refractivity contribution >= 4 is 11.7 Å². The molecule has 2 aromatic carbocycles. The van der Waals surface area contributed by atoms with Crippen LogP contribution in [0, 0.1) is 23.2 Å². The number of hydrogen-bond acceptors (Lipinski definition) is 3. The van der Waals surface area contributed by atoms with Gasteiger partial charge in [0.1, 0.15) is 5.75 Å². The van der Waals surface area contributed by atoms with Crippen LogP contribution >= 0.6 is 0 Å². The highest BCUT2D eigenvalue weighted by molar-refractivity contribution is 6.08. The fraction of sp³-hybridized carbons (Fsp3) is 0.481. The summed E-state index contributed by atoms with van der Waals surface area (Å²) in [5, 5.41) is 3.24. The third kappa shape index (κ3) is 4.13. The lowest BCUT2D eigenvalue weighted by Crippen LogP contribution is -2.56. The molecule has 0 aliphatic heterocycles. The van der Waals surface area contributed by atoms with Gasteiger partial charge in [0.15, 0.2) is 12.4 Å². The lowest BCUT2D eigenvalue weighted by Gasteiger charge is -2.59. The van der Waals surface area contributed by atoms with E-state index in [1.807, 2.05) is 30.3 Å². The van der Waals surface area contributed by atoms with Crippen molar-refractivity contribution in [3.8, 4) is 5.75 Å². The molecule has 4 nitrogen and oxygen atoms in total. The number of nitrogens with one attached hydrogen (secondary N) is 1. The van der Waals surface area contributed by atoms with Crippen molar-refractivity contribution in [2.24, 2.45) is 23.2 Å². The number of ketones is 1. The number of rotatable bonds is 7. The molecule has 4 heteroatoms. The van der Waals surface area contributed by atoms with Crippen LogP contribution in [0.2, 0.25) is 0 Å². The van der Waals surface area contributed by atoms with E-state index >= 15 is 0 Å². The smallest absolute Gasteiger partial charge is 0.258 e. The van der Waals surface area contributed by atoms with Crippen LogP contribution in [0.5, 0.6) is 5.75 Å². The molecule has 0 radical (unpaired) electrons. The molecule has 4 saturated carbocycles. The van der Waals surface area contributed by atoms with Crippen LogP contribution in [0.25, 0.3) is 0 Å². The largest absolute Gasteiger partial charge is 0.484 e. The number of amides is 1. The van der Waals surface area contributed by atoms with Crippen LogP contribution in [0.1, 0.15) is 61.4 Å². The number of hydrogen-bond donors (Lipinski definition) is 1. The van der Waals surface area contributed by atoms with Gasteiger partial charge in [-0.1, -0.05) is 30.3 Å². The summed E-state index contributed by atoms with van der Waals surface area (Å²) in [5.74, 6) is 3.14. The molecular formula is C27H31NO3. The van der Waals surface area contributed by atoms with Crippen LogP contribution in [-0.4, -0.2) is 24.3 Å². The monoisotopic (exact) mass is 417 g/mol. The lowest BCUT2D eigenvalue weighted by molar-refractivity contribution is -0.127. The molecule has 0 spiro atoms. The summed E-state index contributed by atoms with van der Waals surface area (Å²) in [4.78, 5) is 25.1. The van der Waals surface area contributed by atoms with Gasteiger partial charge in [-0.2, -0.15) is 0 Å². The molecule has 0 aromatic heterocycles. The van der Waals surface area contributed by atoms with E-state index in [1.54, 1.807) is 24.3 Å². The van der Waals surface area contributed by atoms with Gasteiger partial charge in [-0.15, -0.1) is 0 Å². The topological polar surface area (TPSA) is 55.4 Å². The van der Waals surface area contributed by atoms with E-state index in [-0.39, 0.29) is 24.3 Å². The molecule has 4 aliphatic rings. The normalized spacial score (nSPS) is 29.4. The summed E-state index contributed by atoms with van der Waals surface area (Å²) in [6, 6.07) is 16.4. The first-order valence-corrected chi connectivity index (χ1v) is 11.6. The molecule has 1 N–H and O–H groups in total. The van der Waals surface area contributed by atoms with Crippen molar-refractivity contribution in [3.05, 3.63) is 65.7 Å². The minimum Gasteiger partial charge on any atom is -0.484 e. The fourth-order valence-electron chi connectivity index (χ4n) is 6.75. The summed E-state index contributed by atoms with van der Waals surface area (Å²) in [7, 11) is 0. The number of carbonyl (C=O) groups is 2. The minimum absolute atomic E-state index is 0.00266. The Hall–Kier alpha value is -2.62. The molecule has 162 valence electrons. The highest BCUT2D eigenvalue weighted by atomic mass is 16.5. The van der Waals surface area contributed by atoms with Crippen LogP contribution in [0.15, 0.2) is 54.6 Å². The molecule has 0 heterocycles. The van der Waals surface area contributed by atoms with Gasteiger partial charge in [-0.25, -0.2) is 0 Å². The first-order valence-electron chi connectivity index (χ1n) is 11.6. The van der Waals surface area contributed by atoms with Gasteiger partial charge in [-0.3, -0.25) is 9.59 Å². The maximum Gasteiger partial charge on any atom is 0.258 e. The fourth-order valence-corrected chi connectivity index (χ4v) is 6.75. The second-order valence-electron chi connectivity index (χ2n) is 10.1. The predicted octanol–water partition coefficient (Wildman–Crippen LogP) is 5.02. The summed E-state index contributed by atoms with van der Waals surface area (Å²) >= 11 is 0. The third-order valence-corrected chi connectivity index (χ3v) is 7.90. The Kier molecular flexibility index (Phi) is 5.33. The van der Waals surface area contributed by atoms with Crippen LogP contribution in [0.4, 0.5) is 0 Å². The minimum atomic E-state index is -0.0623. The Labute approximate surface area is 184 Å². The van der Waals surface area contributed by atoms with Crippen molar-refractivity contribution in [1.82, 2.24) is 5.32 Å². The van der Waals surface area contributed by atoms with Gasteiger partial charge in [0.2, 0.25) is 0 Å². The highest BCUT2D eigenvalue weighted by Gasteiger charge is 2.53. The first-order chi connectivity index (χ1) is 15.0. The molecule has 6 rings (SSSR count). The van der Waals surface area contributed by atoms with Gasteiger partial charge in [0.05, 0.1) is 0 Å². The van der Waals surface area contributed by atoms with Gasteiger partial charge in [-0.05, 0) is 92.9 Å². The molecular weight excluding hydrogens is 386 g/mol. The average Bonchev–Trinajstić information content (AvgIpc) is 2.77. The van der Waals surface area contributed by atoms with Gasteiger partial charge < -0.3 is 10.1 Å². The highest BCUT2D eigenvalue weighted by Crippen LogP contribution is 2.61. The third-order valence-electron chi connectivity index (χ3n) is 7.90.